The molecule has 9 N–H and O–H groups in total. The smallest absolute Gasteiger partial charge is 0.334 e. The number of benzene rings is 4. The first kappa shape index (κ1) is 74.9. The zero-order valence-corrected chi connectivity index (χ0v) is 54.7. The molecule has 0 aliphatic carbocycles. The molecule has 0 spiro atoms. The zero-order valence-electron chi connectivity index (χ0n) is 51.4. The number of ether oxygens (including phenoxy) is 9. The minimum Gasteiger partial charge on any atom is -0.508 e. The quantitative estimate of drug-likeness (QED) is 0.0195. The summed E-state index contributed by atoms with van der Waals surface area (Å²) >= 11 is 5.33. The van der Waals surface area contributed by atoms with Crippen molar-refractivity contribution in [3.63, 3.8) is 0 Å². The molecule has 8 rings (SSSR count). The highest BCUT2D eigenvalue weighted by Gasteiger charge is 2.42. The summed E-state index contributed by atoms with van der Waals surface area (Å²) in [6.07, 6.45) is 0. The highest BCUT2D eigenvalue weighted by molar-refractivity contribution is 8.15. The van der Waals surface area contributed by atoms with Crippen LogP contribution in [-0.2, 0) is 58.9 Å². The number of rotatable bonds is 30. The Bertz CT molecular complexity index is 3240. The van der Waals surface area contributed by atoms with Crippen molar-refractivity contribution < 1.29 is 108 Å². The number of esters is 1. The molecule has 0 radical (unpaired) electrons. The lowest BCUT2D eigenvalue weighted by Crippen LogP contribution is -2.35. The maximum Gasteiger partial charge on any atom is 0.334 e. The van der Waals surface area contributed by atoms with Crippen LogP contribution in [0.5, 0.6) is 40.2 Å². The number of hydrogen-bond acceptors (Lipinski definition) is 27. The van der Waals surface area contributed by atoms with Crippen LogP contribution in [0, 0.1) is 6.92 Å². The predicted octanol–water partition coefficient (Wildman–Crippen LogP) is 6.63. The summed E-state index contributed by atoms with van der Waals surface area (Å²) in [5.41, 5.74) is -0.223. The van der Waals surface area contributed by atoms with E-state index < -0.39 is 40.6 Å². The van der Waals surface area contributed by atoms with Gasteiger partial charge in [-0.3, -0.25) is 20.0 Å². The third-order valence-electron chi connectivity index (χ3n) is 13.2. The van der Waals surface area contributed by atoms with Gasteiger partial charge in [-0.05, 0) is 88.7 Å². The largest absolute Gasteiger partial charge is 0.508 e. The number of thioether (sulfide) groups is 4. The fourth-order valence-electron chi connectivity index (χ4n) is 7.81. The van der Waals surface area contributed by atoms with Crippen LogP contribution in [0.25, 0.3) is 0 Å². The van der Waals surface area contributed by atoms with E-state index in [1.54, 1.807) is 85.2 Å². The Balaban J connectivity index is 0.000000226. The highest BCUT2D eigenvalue weighted by Crippen LogP contribution is 2.39. The number of carbonyl (C=O) groups excluding carboxylic acids is 1. The molecule has 0 unspecified atom stereocenters. The van der Waals surface area contributed by atoms with Crippen molar-refractivity contribution in [3.8, 4) is 40.2 Å². The van der Waals surface area contributed by atoms with Crippen molar-refractivity contribution in [2.24, 2.45) is 20.0 Å². The highest BCUT2D eigenvalue weighted by atomic mass is 32.2. The van der Waals surface area contributed by atoms with Crippen LogP contribution < -0.4 is 9.47 Å². The second-order valence-electron chi connectivity index (χ2n) is 20.5. The lowest BCUT2D eigenvalue weighted by molar-refractivity contribution is -0.148. The first-order valence-corrected chi connectivity index (χ1v) is 32.3. The molecule has 4 aliphatic rings. The molecular formula is C61H78N4O22S4. The van der Waals surface area contributed by atoms with E-state index in [1.165, 1.54) is 77.4 Å². The summed E-state index contributed by atoms with van der Waals surface area (Å²) in [6, 6.07) is 16.9. The van der Waals surface area contributed by atoms with Crippen molar-refractivity contribution >= 4 is 91.1 Å². The van der Waals surface area contributed by atoms with Gasteiger partial charge in [-0.25, -0.2) is 19.2 Å². The molecule has 0 aromatic heterocycles. The monoisotopic (exact) mass is 1350 g/mol. The van der Waals surface area contributed by atoms with Crippen LogP contribution in [0.2, 0.25) is 0 Å². The molecule has 0 bridgehead atoms. The number of aliphatic carboxylic acids is 3. The Hall–Kier alpha value is -6.84. The minimum atomic E-state index is -1.16. The molecule has 0 amide bonds. The molecule has 26 nitrogen and oxygen atoms in total. The number of carbonyl (C=O) groups is 4. The molecule has 0 saturated carbocycles. The number of aliphatic imine (C=N–C) groups is 4. The molecule has 4 heterocycles. The lowest BCUT2D eigenvalue weighted by atomic mass is 10.1. The number of carboxylic acids is 3. The fourth-order valence-corrected chi connectivity index (χ4v) is 12.5. The van der Waals surface area contributed by atoms with E-state index in [2.05, 4.69) is 20.0 Å². The van der Waals surface area contributed by atoms with Gasteiger partial charge < -0.3 is 88.6 Å². The first-order valence-electron chi connectivity index (χ1n) is 28.3. The van der Waals surface area contributed by atoms with Crippen molar-refractivity contribution in [2.45, 2.75) is 63.9 Å². The molecule has 30 heteroatoms. The number of phenols is 5. The number of aromatic hydroxyl groups is 5. The predicted molar refractivity (Wildman–Crippen MR) is 347 cm³/mol. The van der Waals surface area contributed by atoms with Gasteiger partial charge in [0.2, 0.25) is 0 Å². The Morgan fingerprint density at radius 1 is 0.516 bits per heavy atom. The average molecular weight is 1350 g/mol. The van der Waals surface area contributed by atoms with Gasteiger partial charge in [0.25, 0.3) is 0 Å². The van der Waals surface area contributed by atoms with E-state index in [4.69, 9.17) is 58.0 Å². The van der Waals surface area contributed by atoms with Gasteiger partial charge in [0.1, 0.15) is 73.6 Å². The van der Waals surface area contributed by atoms with E-state index in [-0.39, 0.29) is 41.3 Å². The average Bonchev–Trinajstić information content (AvgIpc) is 2.24. The summed E-state index contributed by atoms with van der Waals surface area (Å²) < 4.78 is 47.3. The summed E-state index contributed by atoms with van der Waals surface area (Å²) in [4.78, 5) is 62.1. The number of aliphatic hydroxyl groups excluding tert-OH is 1. The molecule has 0 fully saturated rings. The fraction of sp³-hybridized carbons (Fsp3) is 0.475. The molecule has 498 valence electrons. The second-order valence-corrected chi connectivity index (χ2v) is 24.4. The summed E-state index contributed by atoms with van der Waals surface area (Å²) in [6.45, 7) is 14.0. The van der Waals surface area contributed by atoms with E-state index in [1.807, 2.05) is 0 Å². The van der Waals surface area contributed by atoms with Gasteiger partial charge in [-0.15, -0.1) is 47.0 Å². The number of phenolic OH excluding ortho intramolecular Hbond substituents is 5. The van der Waals surface area contributed by atoms with E-state index in [0.717, 1.165) is 0 Å². The zero-order chi connectivity index (χ0) is 66.7. The summed E-state index contributed by atoms with van der Waals surface area (Å²) in [5, 5.41) is 87.9. The normalized spacial score (nSPS) is 19.7. The molecule has 4 atom stereocenters. The van der Waals surface area contributed by atoms with Crippen LogP contribution in [-0.4, -0.2) is 236 Å². The number of nitrogens with zero attached hydrogens (tertiary/aromatic N) is 4. The van der Waals surface area contributed by atoms with Gasteiger partial charge >= 0.3 is 23.9 Å². The number of carboxylic acid groups (broad SMARTS) is 3. The molecule has 4 aromatic rings. The van der Waals surface area contributed by atoms with E-state index in [9.17, 15) is 49.8 Å². The minimum absolute atomic E-state index is 0.000787. The van der Waals surface area contributed by atoms with Crippen LogP contribution in [0.15, 0.2) is 86.7 Å². The standard InChI is InChI=1S/C20H29NO7S.C18H25NO7S.C12H13NO4S.C11H11NO4S/c1-4-27-19(23)20(2)14-29-18(21-20)16-6-5-15(13-17(16)22)28-12-11-26-10-9-25-8-7-24-3;1-18(17(21)22)12-27-16(19-18)14-4-3-13(11-15(14)20)26-10-9-25-8-7-24-6-5-23-2;1-12(11(16)17)6-18-10(13-12)8-3-2-7(5-14)4-9(8)15;1-5-8(13)3-2-6(9(5)14)10-12-7(4-17-10)11(15)16/h5-6,13,22H,4,7-12,14H2,1-3H3;3-4,11,20H,5-10,12H2,1-2H3,(H,21,22);2-4,14-15H,5-6H2,1H3,(H,16,17);2-3,7,13-14H,4H2,1H3,(H,15,16)/t20-;18-;12-;7-/m1111/s1. The van der Waals surface area contributed by atoms with Crippen molar-refractivity contribution in [3.05, 3.63) is 100 Å². The van der Waals surface area contributed by atoms with Gasteiger partial charge in [0, 0.05) is 77.2 Å². The number of aliphatic hydroxyl groups is 1. The first-order chi connectivity index (χ1) is 43.4. The Kier molecular flexibility index (Phi) is 30.5. The van der Waals surface area contributed by atoms with Gasteiger partial charge in [-0.2, -0.15) is 0 Å². The van der Waals surface area contributed by atoms with Crippen LogP contribution in [0.4, 0.5) is 0 Å². The topological polar surface area (TPSA) is 383 Å². The number of hydrogen-bond donors (Lipinski definition) is 9. The van der Waals surface area contributed by atoms with Crippen LogP contribution in [0.1, 0.15) is 61.1 Å². The van der Waals surface area contributed by atoms with Gasteiger partial charge in [-0.1, -0.05) is 6.07 Å². The Labute approximate surface area is 543 Å². The second kappa shape index (κ2) is 37.0. The van der Waals surface area contributed by atoms with Gasteiger partial charge in [0.05, 0.1) is 79.3 Å². The third kappa shape index (κ3) is 22.5. The third-order valence-corrected chi connectivity index (χ3v) is 18.1. The lowest BCUT2D eigenvalue weighted by Gasteiger charge is -2.16. The molecular weight excluding hydrogens is 1270 g/mol. The van der Waals surface area contributed by atoms with Gasteiger partial charge in [0.15, 0.2) is 22.7 Å². The maximum absolute atomic E-state index is 12.1. The van der Waals surface area contributed by atoms with Crippen LogP contribution >= 0.6 is 47.0 Å². The summed E-state index contributed by atoms with van der Waals surface area (Å²) in [5.74, 6) is -0.720. The Morgan fingerprint density at radius 3 is 1.31 bits per heavy atom. The van der Waals surface area contributed by atoms with Crippen molar-refractivity contribution in [2.75, 3.05) is 123 Å². The Morgan fingerprint density at radius 2 is 0.923 bits per heavy atom. The number of methoxy groups -OCH3 is 2. The molecule has 0 saturated heterocycles. The van der Waals surface area contributed by atoms with Crippen molar-refractivity contribution in [1.29, 1.82) is 0 Å². The SMILES string of the molecule is CCOC(=O)[C@@]1(C)CSC(c2ccc(OCCOCCOCCOC)cc2O)=N1.COCCOCCOCCOc1ccc(C2=N[C@@](C)(C(=O)O)CS2)c(O)c1.C[C@]1(C(=O)O)CSC(c2ccc(CO)cc2O)=N1.Cc1c(O)ccc(C2=N[C@@H](C(=O)O)CS2)c1O. The van der Waals surface area contributed by atoms with E-state index >= 15 is 0 Å². The van der Waals surface area contributed by atoms with Crippen molar-refractivity contribution in [1.82, 2.24) is 0 Å². The summed E-state index contributed by atoms with van der Waals surface area (Å²) in [7, 11) is 3.25. The molecule has 4 aliphatic heterocycles. The molecule has 4 aromatic carbocycles. The maximum atomic E-state index is 12.1. The van der Waals surface area contributed by atoms with Crippen LogP contribution in [0.3, 0.4) is 0 Å². The molecule has 91 heavy (non-hydrogen) atoms. The van der Waals surface area contributed by atoms with E-state index in [0.29, 0.717) is 174 Å².